The largest absolute Gasteiger partial charge is 0.327 e. The molecule has 0 aliphatic heterocycles. The fraction of sp³-hybridized carbons (Fsp3) is 0.786. The first kappa shape index (κ1) is 30.9. The summed E-state index contributed by atoms with van der Waals surface area (Å²) in [7, 11) is 0. The molecule has 0 aliphatic carbocycles. The molecular weight excluding hydrogens is 441 g/mol. The van der Waals surface area contributed by atoms with Gasteiger partial charge in [-0.05, 0) is 53.4 Å². The smallest absolute Gasteiger partial charge is 0.272 e. The summed E-state index contributed by atoms with van der Waals surface area (Å²) in [6.07, 6.45) is 13.0. The molecule has 0 aromatic heterocycles. The Hall–Kier alpha value is -1.11. The predicted octanol–water partition coefficient (Wildman–Crippen LogP) is 8.87. The van der Waals surface area contributed by atoms with E-state index in [0.29, 0.717) is 6.42 Å². The van der Waals surface area contributed by atoms with Crippen LogP contribution in [0.15, 0.2) is 12.1 Å². The van der Waals surface area contributed by atoms with Gasteiger partial charge in [0.15, 0.2) is 0 Å². The Morgan fingerprint density at radius 2 is 1.12 bits per heavy atom. The highest BCUT2D eigenvalue weighted by molar-refractivity contribution is 5.20. The summed E-state index contributed by atoms with van der Waals surface area (Å²) in [5.74, 6) is -2.50. The number of hydrogen-bond donors (Lipinski definition) is 0. The van der Waals surface area contributed by atoms with Crippen molar-refractivity contribution in [2.24, 2.45) is 0 Å². The lowest BCUT2D eigenvalue weighted by atomic mass is 10.0. The van der Waals surface area contributed by atoms with Gasteiger partial charge in [-0.3, -0.25) is 0 Å². The van der Waals surface area contributed by atoms with Gasteiger partial charge in [-0.2, -0.15) is 0 Å². The quantitative estimate of drug-likeness (QED) is 0.135. The van der Waals surface area contributed by atoms with Gasteiger partial charge in [0.1, 0.15) is 17.5 Å². The van der Waals surface area contributed by atoms with E-state index < -0.39 is 23.9 Å². The summed E-state index contributed by atoms with van der Waals surface area (Å²) < 4.78 is 58.7. The lowest BCUT2D eigenvalue weighted by molar-refractivity contribution is -0.327. The first-order chi connectivity index (χ1) is 16.2. The molecule has 1 atom stereocenters. The van der Waals surface area contributed by atoms with Gasteiger partial charge in [0, 0.05) is 17.7 Å². The molecule has 0 spiro atoms. The zero-order valence-electron chi connectivity index (χ0n) is 22.0. The van der Waals surface area contributed by atoms with Crippen molar-refractivity contribution in [1.29, 1.82) is 0 Å². The topological polar surface area (TPSA) is 27.7 Å². The zero-order valence-corrected chi connectivity index (χ0v) is 22.0. The molecule has 0 N–H and O–H groups in total. The molecule has 0 heterocycles. The second-order valence-electron chi connectivity index (χ2n) is 9.77. The number of hydrogen-bond acceptors (Lipinski definition) is 3. The van der Waals surface area contributed by atoms with Crippen molar-refractivity contribution >= 4 is 0 Å². The first-order valence-electron chi connectivity index (χ1n) is 13.3. The number of benzene rings is 1. The van der Waals surface area contributed by atoms with Crippen LogP contribution in [0.1, 0.15) is 117 Å². The van der Waals surface area contributed by atoms with Crippen molar-refractivity contribution in [1.82, 2.24) is 0 Å². The average molecular weight is 489 g/mol. The summed E-state index contributed by atoms with van der Waals surface area (Å²) in [5, 5.41) is 0. The Bertz CT molecular complexity index is 619. The maximum absolute atomic E-state index is 13.8. The highest BCUT2D eigenvalue weighted by atomic mass is 19.1. The number of unbranched alkanes of at least 4 members (excludes halogenated alkanes) is 8. The second-order valence-corrected chi connectivity index (χ2v) is 9.77. The predicted molar refractivity (Wildman–Crippen MR) is 132 cm³/mol. The highest BCUT2D eigenvalue weighted by Crippen LogP contribution is 2.21. The van der Waals surface area contributed by atoms with E-state index in [2.05, 4.69) is 6.92 Å². The number of halogens is 3. The molecule has 0 amide bonds. The van der Waals surface area contributed by atoms with Crippen LogP contribution in [0, 0.1) is 17.5 Å². The van der Waals surface area contributed by atoms with E-state index in [-0.39, 0.29) is 30.3 Å². The van der Waals surface area contributed by atoms with Crippen molar-refractivity contribution in [2.75, 3.05) is 0 Å². The Kier molecular flexibility index (Phi) is 16.6. The molecular formula is C28H47F3O3. The van der Waals surface area contributed by atoms with E-state index in [0.717, 1.165) is 44.2 Å². The Balaban J connectivity index is 2.52. The fourth-order valence-electron chi connectivity index (χ4n) is 3.97. The van der Waals surface area contributed by atoms with E-state index in [9.17, 15) is 13.2 Å². The van der Waals surface area contributed by atoms with Crippen molar-refractivity contribution in [3.63, 3.8) is 0 Å². The molecule has 1 aromatic rings. The van der Waals surface area contributed by atoms with Crippen molar-refractivity contribution < 1.29 is 27.4 Å². The normalized spacial score (nSPS) is 12.9. The summed E-state index contributed by atoms with van der Waals surface area (Å²) in [4.78, 5) is 0. The van der Waals surface area contributed by atoms with Crippen LogP contribution in [-0.2, 0) is 20.6 Å². The van der Waals surface area contributed by atoms with Crippen molar-refractivity contribution in [2.45, 2.75) is 143 Å². The maximum atomic E-state index is 13.8. The van der Waals surface area contributed by atoms with E-state index in [4.69, 9.17) is 14.2 Å². The van der Waals surface area contributed by atoms with Gasteiger partial charge in [0.05, 0.1) is 18.3 Å². The van der Waals surface area contributed by atoms with Crippen LogP contribution in [0.4, 0.5) is 13.2 Å². The molecule has 0 saturated heterocycles. The molecule has 34 heavy (non-hydrogen) atoms. The molecule has 0 bridgehead atoms. The van der Waals surface area contributed by atoms with Gasteiger partial charge in [0.25, 0.3) is 6.48 Å². The van der Waals surface area contributed by atoms with Gasteiger partial charge < -0.3 is 14.2 Å². The third-order valence-corrected chi connectivity index (χ3v) is 5.76. The van der Waals surface area contributed by atoms with Gasteiger partial charge in [-0.15, -0.1) is 0 Å². The van der Waals surface area contributed by atoms with Crippen LogP contribution in [-0.4, -0.2) is 24.8 Å². The van der Waals surface area contributed by atoms with E-state index in [1.807, 2.05) is 27.7 Å². The summed E-state index contributed by atoms with van der Waals surface area (Å²) >= 11 is 0. The minimum absolute atomic E-state index is 0.0107. The van der Waals surface area contributed by atoms with Crippen LogP contribution in [0.5, 0.6) is 0 Å². The third kappa shape index (κ3) is 14.3. The zero-order chi connectivity index (χ0) is 25.3. The molecule has 1 unspecified atom stereocenters. The minimum atomic E-state index is -0.883. The summed E-state index contributed by atoms with van der Waals surface area (Å²) in [6.45, 7) is 9.36. The lowest BCUT2D eigenvalue weighted by Gasteiger charge is -2.27. The van der Waals surface area contributed by atoms with Crippen molar-refractivity contribution in [3.05, 3.63) is 35.1 Å². The Morgan fingerprint density at radius 1 is 0.647 bits per heavy atom. The molecule has 0 saturated carbocycles. The monoisotopic (exact) mass is 488 g/mol. The molecule has 0 radical (unpaired) electrons. The molecule has 0 aliphatic rings. The van der Waals surface area contributed by atoms with Gasteiger partial charge in [0.2, 0.25) is 0 Å². The average Bonchev–Trinajstić information content (AvgIpc) is 2.73. The van der Waals surface area contributed by atoms with Crippen LogP contribution in [0.2, 0.25) is 0 Å². The van der Waals surface area contributed by atoms with E-state index >= 15 is 0 Å². The maximum Gasteiger partial charge on any atom is 0.272 e. The molecule has 6 heteroatoms. The summed E-state index contributed by atoms with van der Waals surface area (Å²) in [6, 6.07) is 1.49. The second kappa shape index (κ2) is 18.2. The van der Waals surface area contributed by atoms with E-state index in [1.165, 1.54) is 38.5 Å². The Labute approximate surface area is 205 Å². The fourth-order valence-corrected chi connectivity index (χ4v) is 3.97. The number of ether oxygens (including phenoxy) is 3. The van der Waals surface area contributed by atoms with Crippen LogP contribution >= 0.6 is 0 Å². The molecule has 3 nitrogen and oxygen atoms in total. The van der Waals surface area contributed by atoms with Crippen LogP contribution in [0.25, 0.3) is 0 Å². The molecule has 0 fully saturated rings. The van der Waals surface area contributed by atoms with Gasteiger partial charge >= 0.3 is 0 Å². The molecule has 1 rings (SSSR count). The first-order valence-corrected chi connectivity index (χ1v) is 13.3. The van der Waals surface area contributed by atoms with Gasteiger partial charge in [-0.1, -0.05) is 64.7 Å². The molecule has 198 valence electrons. The minimum Gasteiger partial charge on any atom is -0.327 e. The summed E-state index contributed by atoms with van der Waals surface area (Å²) in [5.41, 5.74) is -0.0343. The molecule has 1 aromatic carbocycles. The number of rotatable bonds is 20. The lowest BCUT2D eigenvalue weighted by Crippen LogP contribution is -2.31. The van der Waals surface area contributed by atoms with Crippen LogP contribution in [0.3, 0.4) is 0 Å². The standard InChI is InChI=1S/C28H47F3O3/c1-6-7-8-9-10-11-13-16-24(34-28(32-21(2)3)33-22(4)5)17-14-12-15-18-25-26(30)19-23(29)20-27(25)31/h19-22,24,28H,6-18H2,1-5H3. The highest BCUT2D eigenvalue weighted by Gasteiger charge is 2.20. The SMILES string of the molecule is CCCCCCCCCC(CCCCCc1c(F)cc(F)cc1F)OC(OC(C)C)OC(C)C. The van der Waals surface area contributed by atoms with Gasteiger partial charge in [-0.25, -0.2) is 13.2 Å². The Morgan fingerprint density at radius 3 is 1.62 bits per heavy atom. The van der Waals surface area contributed by atoms with Crippen LogP contribution < -0.4 is 0 Å². The third-order valence-electron chi connectivity index (χ3n) is 5.76. The van der Waals surface area contributed by atoms with E-state index in [1.54, 1.807) is 0 Å². The van der Waals surface area contributed by atoms with Crippen molar-refractivity contribution in [3.8, 4) is 0 Å².